The van der Waals surface area contributed by atoms with Crippen molar-refractivity contribution in [1.82, 2.24) is 24.5 Å². The Balaban J connectivity index is 1.71. The van der Waals surface area contributed by atoms with Gasteiger partial charge in [-0.15, -0.1) is 10.2 Å². The summed E-state index contributed by atoms with van der Waals surface area (Å²) >= 11 is 1.46. The highest BCUT2D eigenvalue weighted by Crippen LogP contribution is 2.30. The Bertz CT molecular complexity index is 985. The second-order valence-electron chi connectivity index (χ2n) is 8.07. The molecule has 0 atom stereocenters. The molecule has 1 aliphatic rings. The van der Waals surface area contributed by atoms with E-state index in [2.05, 4.69) is 31.0 Å². The Morgan fingerprint density at radius 3 is 2.59 bits per heavy atom. The number of piperidine rings is 1. The van der Waals surface area contributed by atoms with Crippen LogP contribution in [0.4, 0.5) is 0 Å². The fourth-order valence-corrected chi connectivity index (χ4v) is 4.35. The number of rotatable bonds is 3. The van der Waals surface area contributed by atoms with Crippen molar-refractivity contribution in [2.75, 3.05) is 18.8 Å². The minimum absolute atomic E-state index is 0.170. The molecule has 7 heteroatoms. The van der Waals surface area contributed by atoms with Gasteiger partial charge in [0.25, 0.3) is 0 Å². The highest BCUT2D eigenvalue weighted by atomic mass is 32.2. The van der Waals surface area contributed by atoms with E-state index < -0.39 is 0 Å². The van der Waals surface area contributed by atoms with E-state index >= 15 is 0 Å². The van der Waals surface area contributed by atoms with E-state index in [-0.39, 0.29) is 11.3 Å². The van der Waals surface area contributed by atoms with Crippen molar-refractivity contribution in [3.05, 3.63) is 30.1 Å². The SMILES string of the molecule is CC(C)(C)c1nc2ccccc2c2nnc(SCC(=O)N3CCCCC3)n12. The van der Waals surface area contributed by atoms with E-state index in [1.165, 1.54) is 18.2 Å². The molecular weight excluding hydrogens is 358 g/mol. The van der Waals surface area contributed by atoms with Crippen LogP contribution < -0.4 is 0 Å². The molecule has 1 aliphatic heterocycles. The van der Waals surface area contributed by atoms with Crippen molar-refractivity contribution in [1.29, 1.82) is 0 Å². The topological polar surface area (TPSA) is 63.4 Å². The number of amides is 1. The van der Waals surface area contributed by atoms with Crippen molar-refractivity contribution in [3.8, 4) is 0 Å². The fourth-order valence-electron chi connectivity index (χ4n) is 3.52. The largest absolute Gasteiger partial charge is 0.342 e. The summed E-state index contributed by atoms with van der Waals surface area (Å²) in [6.45, 7) is 8.16. The summed E-state index contributed by atoms with van der Waals surface area (Å²) in [4.78, 5) is 19.4. The van der Waals surface area contributed by atoms with Gasteiger partial charge in [-0.1, -0.05) is 44.7 Å². The lowest BCUT2D eigenvalue weighted by Crippen LogP contribution is -2.36. The van der Waals surface area contributed by atoms with Crippen LogP contribution in [0.25, 0.3) is 16.6 Å². The van der Waals surface area contributed by atoms with Crippen LogP contribution in [-0.4, -0.2) is 49.2 Å². The Morgan fingerprint density at radius 2 is 1.85 bits per heavy atom. The monoisotopic (exact) mass is 383 g/mol. The maximum Gasteiger partial charge on any atom is 0.233 e. The average Bonchev–Trinajstić information content (AvgIpc) is 3.09. The number of aromatic nitrogens is 4. The van der Waals surface area contributed by atoms with Gasteiger partial charge >= 0.3 is 0 Å². The van der Waals surface area contributed by atoms with E-state index in [0.29, 0.717) is 5.75 Å². The van der Waals surface area contributed by atoms with Crippen LogP contribution in [0.15, 0.2) is 29.4 Å². The number of hydrogen-bond acceptors (Lipinski definition) is 5. The van der Waals surface area contributed by atoms with Crippen LogP contribution in [0.1, 0.15) is 45.9 Å². The Hall–Kier alpha value is -2.15. The summed E-state index contributed by atoms with van der Waals surface area (Å²) in [5.41, 5.74) is 1.55. The minimum Gasteiger partial charge on any atom is -0.342 e. The molecule has 1 amide bonds. The molecule has 4 rings (SSSR count). The second kappa shape index (κ2) is 7.11. The van der Waals surface area contributed by atoms with Crippen molar-refractivity contribution < 1.29 is 4.79 Å². The highest BCUT2D eigenvalue weighted by Gasteiger charge is 2.25. The molecule has 1 aromatic carbocycles. The first kappa shape index (κ1) is 18.2. The number of thioether (sulfide) groups is 1. The van der Waals surface area contributed by atoms with E-state index in [1.807, 2.05) is 33.6 Å². The van der Waals surface area contributed by atoms with Gasteiger partial charge in [0.2, 0.25) is 5.91 Å². The van der Waals surface area contributed by atoms with Crippen molar-refractivity contribution in [3.63, 3.8) is 0 Å². The van der Waals surface area contributed by atoms with Gasteiger partial charge < -0.3 is 4.90 Å². The third kappa shape index (κ3) is 3.52. The molecule has 0 unspecified atom stereocenters. The van der Waals surface area contributed by atoms with Crippen LogP contribution in [-0.2, 0) is 10.2 Å². The minimum atomic E-state index is -0.170. The van der Waals surface area contributed by atoms with Crippen LogP contribution in [0.3, 0.4) is 0 Å². The number of carbonyl (C=O) groups excluding carboxylic acids is 1. The molecule has 2 aromatic heterocycles. The molecule has 0 N–H and O–H groups in total. The Morgan fingerprint density at radius 1 is 1.11 bits per heavy atom. The van der Waals surface area contributed by atoms with Crippen molar-refractivity contribution in [2.24, 2.45) is 0 Å². The molecule has 3 heterocycles. The molecule has 1 fully saturated rings. The normalized spacial score (nSPS) is 15.6. The first-order valence-electron chi connectivity index (χ1n) is 9.50. The van der Waals surface area contributed by atoms with Crippen LogP contribution in [0, 0.1) is 0 Å². The third-order valence-corrected chi connectivity index (χ3v) is 5.83. The van der Waals surface area contributed by atoms with Crippen LogP contribution in [0.2, 0.25) is 0 Å². The summed E-state index contributed by atoms with van der Waals surface area (Å²) in [6.07, 6.45) is 3.43. The molecule has 1 saturated heterocycles. The second-order valence-corrected chi connectivity index (χ2v) is 9.02. The molecule has 0 saturated carbocycles. The van der Waals surface area contributed by atoms with Gasteiger partial charge in [-0.3, -0.25) is 9.20 Å². The van der Waals surface area contributed by atoms with Crippen LogP contribution in [0.5, 0.6) is 0 Å². The van der Waals surface area contributed by atoms with Gasteiger partial charge in [0, 0.05) is 23.9 Å². The number of likely N-dealkylation sites (tertiary alicyclic amines) is 1. The van der Waals surface area contributed by atoms with Gasteiger partial charge in [0.15, 0.2) is 10.8 Å². The Kier molecular flexibility index (Phi) is 4.80. The predicted molar refractivity (Wildman–Crippen MR) is 108 cm³/mol. The Labute approximate surface area is 163 Å². The number of para-hydroxylation sites is 1. The van der Waals surface area contributed by atoms with Gasteiger partial charge in [-0.2, -0.15) is 0 Å². The van der Waals surface area contributed by atoms with Gasteiger partial charge in [0.1, 0.15) is 5.82 Å². The molecule has 0 aliphatic carbocycles. The number of benzene rings is 1. The predicted octanol–water partition coefficient (Wildman–Crippen LogP) is 3.68. The molecule has 3 aromatic rings. The zero-order valence-electron chi connectivity index (χ0n) is 16.1. The summed E-state index contributed by atoms with van der Waals surface area (Å²) in [7, 11) is 0. The molecule has 142 valence electrons. The highest BCUT2D eigenvalue weighted by molar-refractivity contribution is 7.99. The van der Waals surface area contributed by atoms with E-state index in [1.54, 1.807) is 0 Å². The first-order valence-corrected chi connectivity index (χ1v) is 10.5. The molecule has 27 heavy (non-hydrogen) atoms. The van der Waals surface area contributed by atoms with E-state index in [0.717, 1.165) is 53.5 Å². The summed E-state index contributed by atoms with van der Waals surface area (Å²) in [5.74, 6) is 1.48. The van der Waals surface area contributed by atoms with Crippen LogP contribution >= 0.6 is 11.8 Å². The fraction of sp³-hybridized carbons (Fsp3) is 0.500. The molecule has 6 nitrogen and oxygen atoms in total. The lowest BCUT2D eigenvalue weighted by molar-refractivity contribution is -0.129. The molecule has 0 bridgehead atoms. The van der Waals surface area contributed by atoms with E-state index in [4.69, 9.17) is 4.98 Å². The maximum absolute atomic E-state index is 12.6. The molecule has 0 spiro atoms. The zero-order chi connectivity index (χ0) is 19.0. The van der Waals surface area contributed by atoms with Gasteiger partial charge in [-0.25, -0.2) is 4.98 Å². The number of nitrogens with zero attached hydrogens (tertiary/aromatic N) is 5. The average molecular weight is 384 g/mol. The number of fused-ring (bicyclic) bond motifs is 3. The van der Waals surface area contributed by atoms with Gasteiger partial charge in [-0.05, 0) is 31.4 Å². The lowest BCUT2D eigenvalue weighted by Gasteiger charge is -2.26. The number of hydrogen-bond donors (Lipinski definition) is 0. The van der Waals surface area contributed by atoms with Crippen molar-refractivity contribution in [2.45, 2.75) is 50.6 Å². The zero-order valence-corrected chi connectivity index (χ0v) is 16.9. The lowest BCUT2D eigenvalue weighted by atomic mass is 9.95. The maximum atomic E-state index is 12.6. The quantitative estimate of drug-likeness (QED) is 0.646. The molecule has 0 radical (unpaired) electrons. The van der Waals surface area contributed by atoms with E-state index in [9.17, 15) is 4.79 Å². The summed E-state index contributed by atoms with van der Waals surface area (Å²) < 4.78 is 2.02. The standard InChI is InChI=1S/C20H25N5OS/c1-20(2,3)18-21-15-10-6-5-9-14(15)17-22-23-19(25(17)18)27-13-16(26)24-11-7-4-8-12-24/h5-6,9-10H,4,7-8,11-13H2,1-3H3. The molecular formula is C20H25N5OS. The smallest absolute Gasteiger partial charge is 0.233 e. The summed E-state index contributed by atoms with van der Waals surface area (Å²) in [5, 5.41) is 10.6. The van der Waals surface area contributed by atoms with Gasteiger partial charge in [0.05, 0.1) is 11.3 Å². The van der Waals surface area contributed by atoms with Crippen molar-refractivity contribution >= 4 is 34.2 Å². The number of carbonyl (C=O) groups is 1. The summed E-state index contributed by atoms with van der Waals surface area (Å²) in [6, 6.07) is 8.00. The third-order valence-electron chi connectivity index (χ3n) is 4.92. The first-order chi connectivity index (χ1) is 12.9.